The first-order chi connectivity index (χ1) is 7.77. The summed E-state index contributed by atoms with van der Waals surface area (Å²) in [7, 11) is 0. The topological polar surface area (TPSA) is 67.4 Å². The molecule has 2 aromatic heterocycles. The van der Waals surface area contributed by atoms with E-state index in [1.807, 2.05) is 6.07 Å². The molecule has 0 bridgehead atoms. The highest BCUT2D eigenvalue weighted by molar-refractivity contribution is 5.87. The molecule has 80 valence electrons. The van der Waals surface area contributed by atoms with Crippen molar-refractivity contribution in [3.05, 3.63) is 35.9 Å². The molecule has 0 N–H and O–H groups in total. The van der Waals surface area contributed by atoms with Gasteiger partial charge in [-0.05, 0) is 19.1 Å². The standard InChI is InChI=1S/C11H9N3O2/c1-2-16-11(15)10-13-8(7-12)9-5-3-4-6-14(9)10/h3-6H,2H2,1H3. The predicted molar refractivity (Wildman–Crippen MR) is 55.9 cm³/mol. The van der Waals surface area contributed by atoms with E-state index in [0.29, 0.717) is 5.52 Å². The number of fused-ring (bicyclic) bond motifs is 1. The van der Waals surface area contributed by atoms with E-state index < -0.39 is 5.97 Å². The first-order valence-corrected chi connectivity index (χ1v) is 4.82. The number of nitrogens with zero attached hydrogens (tertiary/aromatic N) is 3. The fourth-order valence-electron chi connectivity index (χ4n) is 1.46. The molecule has 5 nitrogen and oxygen atoms in total. The summed E-state index contributed by atoms with van der Waals surface area (Å²) >= 11 is 0. The zero-order valence-corrected chi connectivity index (χ0v) is 8.67. The molecule has 0 saturated carbocycles. The molecule has 2 aromatic rings. The Morgan fingerprint density at radius 3 is 3.12 bits per heavy atom. The largest absolute Gasteiger partial charge is 0.460 e. The highest BCUT2D eigenvalue weighted by Gasteiger charge is 2.17. The maximum Gasteiger partial charge on any atom is 0.374 e. The molecule has 2 rings (SSSR count). The van der Waals surface area contributed by atoms with Gasteiger partial charge in [-0.1, -0.05) is 6.07 Å². The van der Waals surface area contributed by atoms with Gasteiger partial charge < -0.3 is 4.74 Å². The van der Waals surface area contributed by atoms with Gasteiger partial charge in [0.25, 0.3) is 0 Å². The summed E-state index contributed by atoms with van der Waals surface area (Å²) < 4.78 is 6.41. The molecular weight excluding hydrogens is 206 g/mol. The van der Waals surface area contributed by atoms with Gasteiger partial charge in [0.15, 0.2) is 5.69 Å². The van der Waals surface area contributed by atoms with Gasteiger partial charge in [0, 0.05) is 6.20 Å². The Morgan fingerprint density at radius 2 is 2.44 bits per heavy atom. The predicted octanol–water partition coefficient (Wildman–Crippen LogP) is 1.38. The average molecular weight is 215 g/mol. The molecule has 0 unspecified atom stereocenters. The van der Waals surface area contributed by atoms with Crippen LogP contribution in [-0.2, 0) is 4.74 Å². The van der Waals surface area contributed by atoms with Gasteiger partial charge in [0.1, 0.15) is 6.07 Å². The van der Waals surface area contributed by atoms with E-state index in [4.69, 9.17) is 10.00 Å². The molecule has 0 fully saturated rings. The molecule has 0 aliphatic carbocycles. The third kappa shape index (κ3) is 1.50. The van der Waals surface area contributed by atoms with E-state index in [-0.39, 0.29) is 18.1 Å². The van der Waals surface area contributed by atoms with Gasteiger partial charge >= 0.3 is 5.97 Å². The number of pyridine rings is 1. The lowest BCUT2D eigenvalue weighted by Gasteiger charge is -1.99. The molecule has 0 saturated heterocycles. The van der Waals surface area contributed by atoms with Crippen LogP contribution < -0.4 is 0 Å². The van der Waals surface area contributed by atoms with Crippen LogP contribution >= 0.6 is 0 Å². The normalized spacial score (nSPS) is 10.0. The summed E-state index contributed by atoms with van der Waals surface area (Å²) in [5, 5.41) is 8.88. The van der Waals surface area contributed by atoms with Crippen LogP contribution in [0.3, 0.4) is 0 Å². The highest BCUT2D eigenvalue weighted by atomic mass is 16.5. The zero-order valence-electron chi connectivity index (χ0n) is 8.67. The van der Waals surface area contributed by atoms with E-state index in [1.165, 1.54) is 0 Å². The van der Waals surface area contributed by atoms with Crippen LogP contribution in [0.2, 0.25) is 0 Å². The Balaban J connectivity index is 2.63. The average Bonchev–Trinajstić information content (AvgIpc) is 2.68. The molecule has 0 spiro atoms. The first kappa shape index (κ1) is 10.2. The number of carbonyl (C=O) groups is 1. The summed E-state index contributed by atoms with van der Waals surface area (Å²) in [5.74, 6) is -0.390. The van der Waals surface area contributed by atoms with Crippen LogP contribution in [0.15, 0.2) is 24.4 Å². The number of rotatable bonds is 2. The van der Waals surface area contributed by atoms with Crippen LogP contribution in [0, 0.1) is 11.3 Å². The van der Waals surface area contributed by atoms with E-state index in [9.17, 15) is 4.79 Å². The van der Waals surface area contributed by atoms with Gasteiger partial charge in [0.05, 0.1) is 12.1 Å². The third-order valence-corrected chi connectivity index (χ3v) is 2.11. The minimum atomic E-state index is -0.523. The maximum atomic E-state index is 11.6. The van der Waals surface area contributed by atoms with Crippen molar-refractivity contribution in [2.75, 3.05) is 6.61 Å². The summed E-state index contributed by atoms with van der Waals surface area (Å²) in [6, 6.07) is 7.23. The van der Waals surface area contributed by atoms with Crippen molar-refractivity contribution in [3.8, 4) is 6.07 Å². The van der Waals surface area contributed by atoms with Crippen LogP contribution in [0.1, 0.15) is 23.2 Å². The van der Waals surface area contributed by atoms with Crippen LogP contribution in [0.5, 0.6) is 0 Å². The third-order valence-electron chi connectivity index (χ3n) is 2.11. The minimum absolute atomic E-state index is 0.133. The number of hydrogen-bond acceptors (Lipinski definition) is 4. The lowest BCUT2D eigenvalue weighted by molar-refractivity contribution is 0.0511. The van der Waals surface area contributed by atoms with Crippen molar-refractivity contribution in [3.63, 3.8) is 0 Å². The molecule has 0 atom stereocenters. The van der Waals surface area contributed by atoms with Crippen molar-refractivity contribution >= 4 is 11.5 Å². The minimum Gasteiger partial charge on any atom is -0.460 e. The van der Waals surface area contributed by atoms with Crippen molar-refractivity contribution in [2.45, 2.75) is 6.92 Å². The molecule has 5 heteroatoms. The number of ether oxygens (including phenoxy) is 1. The fraction of sp³-hybridized carbons (Fsp3) is 0.182. The summed E-state index contributed by atoms with van der Waals surface area (Å²) in [6.45, 7) is 2.00. The Kier molecular flexibility index (Phi) is 2.56. The van der Waals surface area contributed by atoms with Crippen molar-refractivity contribution in [1.82, 2.24) is 9.38 Å². The maximum absolute atomic E-state index is 11.6. The van der Waals surface area contributed by atoms with E-state index >= 15 is 0 Å². The van der Waals surface area contributed by atoms with E-state index in [2.05, 4.69) is 4.98 Å². The summed E-state index contributed by atoms with van der Waals surface area (Å²) in [4.78, 5) is 15.5. The van der Waals surface area contributed by atoms with Crippen LogP contribution in [0.25, 0.3) is 5.52 Å². The molecule has 0 amide bonds. The van der Waals surface area contributed by atoms with Crippen LogP contribution in [0.4, 0.5) is 0 Å². The van der Waals surface area contributed by atoms with Crippen molar-refractivity contribution < 1.29 is 9.53 Å². The number of carbonyl (C=O) groups excluding carboxylic acids is 1. The molecule has 0 aliphatic heterocycles. The Bertz CT molecular complexity index is 580. The number of esters is 1. The smallest absolute Gasteiger partial charge is 0.374 e. The summed E-state index contributed by atoms with van der Waals surface area (Å²) in [5.41, 5.74) is 0.830. The molecule has 16 heavy (non-hydrogen) atoms. The van der Waals surface area contributed by atoms with E-state index in [0.717, 1.165) is 0 Å². The summed E-state index contributed by atoms with van der Waals surface area (Å²) in [6.07, 6.45) is 1.68. The first-order valence-electron chi connectivity index (χ1n) is 4.82. The second-order valence-electron chi connectivity index (χ2n) is 3.07. The Morgan fingerprint density at radius 1 is 1.62 bits per heavy atom. The van der Waals surface area contributed by atoms with E-state index in [1.54, 1.807) is 35.7 Å². The monoisotopic (exact) mass is 215 g/mol. The second kappa shape index (κ2) is 4.03. The second-order valence-corrected chi connectivity index (χ2v) is 3.07. The van der Waals surface area contributed by atoms with Gasteiger partial charge in [-0.2, -0.15) is 5.26 Å². The van der Waals surface area contributed by atoms with Crippen LogP contribution in [-0.4, -0.2) is 22.0 Å². The lowest BCUT2D eigenvalue weighted by Crippen LogP contribution is -2.09. The molecule has 2 heterocycles. The Hall–Kier alpha value is -2.35. The van der Waals surface area contributed by atoms with Crippen molar-refractivity contribution in [1.29, 1.82) is 5.26 Å². The molecular formula is C11H9N3O2. The van der Waals surface area contributed by atoms with Gasteiger partial charge in [-0.3, -0.25) is 4.40 Å². The Labute approximate surface area is 91.9 Å². The quantitative estimate of drug-likeness (QED) is 0.710. The van der Waals surface area contributed by atoms with Gasteiger partial charge in [0.2, 0.25) is 5.82 Å². The van der Waals surface area contributed by atoms with Gasteiger partial charge in [-0.15, -0.1) is 0 Å². The van der Waals surface area contributed by atoms with Gasteiger partial charge in [-0.25, -0.2) is 9.78 Å². The number of hydrogen-bond donors (Lipinski definition) is 0. The fourth-order valence-corrected chi connectivity index (χ4v) is 1.46. The number of nitriles is 1. The highest BCUT2D eigenvalue weighted by Crippen LogP contribution is 2.12. The zero-order chi connectivity index (χ0) is 11.5. The number of aromatic nitrogens is 2. The number of imidazole rings is 1. The SMILES string of the molecule is CCOC(=O)c1nc(C#N)c2ccccn12. The van der Waals surface area contributed by atoms with Crippen molar-refractivity contribution in [2.24, 2.45) is 0 Å². The molecule has 0 aromatic carbocycles. The molecule has 0 aliphatic rings. The molecule has 0 radical (unpaired) electrons. The lowest BCUT2D eigenvalue weighted by atomic mass is 10.3.